The Balaban J connectivity index is 2.15. The third-order valence-corrected chi connectivity index (χ3v) is 3.52. The summed E-state index contributed by atoms with van der Waals surface area (Å²) in [6.07, 6.45) is 1.61. The second-order valence-corrected chi connectivity index (χ2v) is 4.86. The Kier molecular flexibility index (Phi) is 3.91. The molecule has 19 heavy (non-hydrogen) atoms. The van der Waals surface area contributed by atoms with Gasteiger partial charge in [0.25, 0.3) is 5.91 Å². The van der Waals surface area contributed by atoms with Crippen molar-refractivity contribution in [2.75, 3.05) is 12.4 Å². The zero-order valence-electron chi connectivity index (χ0n) is 10.5. The number of rotatable bonds is 3. The van der Waals surface area contributed by atoms with Crippen LogP contribution in [0.1, 0.15) is 24.9 Å². The van der Waals surface area contributed by atoms with Crippen LogP contribution in [0, 0.1) is 6.92 Å². The molecule has 0 saturated carbocycles. The van der Waals surface area contributed by atoms with E-state index in [0.717, 1.165) is 16.9 Å². The standard InChI is InChI=1S/C13H12N2O3S/c1-8-4-3-7-14-11(8)15-12(16)9-5-6-10(19-9)13(17)18-2/h3-7H,1-2H3,(H,14,15,16). The second-order valence-electron chi connectivity index (χ2n) is 3.78. The van der Waals surface area contributed by atoms with Gasteiger partial charge in [-0.3, -0.25) is 4.79 Å². The molecule has 0 aliphatic rings. The summed E-state index contributed by atoms with van der Waals surface area (Å²) >= 11 is 1.08. The summed E-state index contributed by atoms with van der Waals surface area (Å²) in [4.78, 5) is 28.2. The average molecular weight is 276 g/mol. The number of pyridine rings is 1. The number of aromatic nitrogens is 1. The van der Waals surface area contributed by atoms with Crippen molar-refractivity contribution in [3.63, 3.8) is 0 Å². The minimum absolute atomic E-state index is 0.290. The van der Waals surface area contributed by atoms with Gasteiger partial charge in [-0.25, -0.2) is 9.78 Å². The number of anilines is 1. The number of hydrogen-bond donors (Lipinski definition) is 1. The Hall–Kier alpha value is -2.21. The number of nitrogens with one attached hydrogen (secondary N) is 1. The van der Waals surface area contributed by atoms with Gasteiger partial charge in [0.05, 0.1) is 12.0 Å². The van der Waals surface area contributed by atoms with Crippen LogP contribution in [0.2, 0.25) is 0 Å². The summed E-state index contributed by atoms with van der Waals surface area (Å²) in [5.41, 5.74) is 0.876. The number of thiophene rings is 1. The number of ether oxygens (including phenoxy) is 1. The number of methoxy groups -OCH3 is 1. The molecule has 0 aliphatic carbocycles. The number of esters is 1. The van der Waals surface area contributed by atoms with Gasteiger partial charge in [-0.1, -0.05) is 6.07 Å². The fraction of sp³-hybridized carbons (Fsp3) is 0.154. The number of aryl methyl sites for hydroxylation is 1. The molecule has 0 aliphatic heterocycles. The topological polar surface area (TPSA) is 68.3 Å². The SMILES string of the molecule is COC(=O)c1ccc(C(=O)Nc2ncccc2C)s1. The van der Waals surface area contributed by atoms with E-state index >= 15 is 0 Å². The van der Waals surface area contributed by atoms with Gasteiger partial charge >= 0.3 is 5.97 Å². The van der Waals surface area contributed by atoms with Gasteiger partial charge < -0.3 is 10.1 Å². The highest BCUT2D eigenvalue weighted by molar-refractivity contribution is 7.16. The molecular weight excluding hydrogens is 264 g/mol. The summed E-state index contributed by atoms with van der Waals surface area (Å²) in [7, 11) is 1.30. The minimum atomic E-state index is -0.446. The molecule has 0 unspecified atom stereocenters. The predicted molar refractivity (Wildman–Crippen MR) is 72.6 cm³/mol. The summed E-state index contributed by atoms with van der Waals surface area (Å²) in [5.74, 6) is -0.222. The first-order valence-corrected chi connectivity index (χ1v) is 6.34. The number of hydrogen-bond acceptors (Lipinski definition) is 5. The van der Waals surface area contributed by atoms with Crippen LogP contribution in [0.5, 0.6) is 0 Å². The van der Waals surface area contributed by atoms with Crippen molar-refractivity contribution < 1.29 is 14.3 Å². The zero-order valence-corrected chi connectivity index (χ0v) is 11.3. The van der Waals surface area contributed by atoms with Crippen molar-refractivity contribution in [3.8, 4) is 0 Å². The Morgan fingerprint density at radius 2 is 2.00 bits per heavy atom. The Labute approximate surface area is 114 Å². The van der Waals surface area contributed by atoms with E-state index in [1.54, 1.807) is 24.4 Å². The first kappa shape index (κ1) is 13.2. The number of amides is 1. The monoisotopic (exact) mass is 276 g/mol. The first-order chi connectivity index (χ1) is 9.11. The fourth-order valence-corrected chi connectivity index (χ4v) is 2.28. The Morgan fingerprint density at radius 1 is 1.26 bits per heavy atom. The number of nitrogens with zero attached hydrogens (tertiary/aromatic N) is 1. The van der Waals surface area contributed by atoms with Crippen LogP contribution in [0.25, 0.3) is 0 Å². The zero-order chi connectivity index (χ0) is 13.8. The third-order valence-electron chi connectivity index (χ3n) is 2.46. The largest absolute Gasteiger partial charge is 0.465 e. The highest BCUT2D eigenvalue weighted by atomic mass is 32.1. The molecule has 6 heteroatoms. The van der Waals surface area contributed by atoms with E-state index in [1.807, 2.05) is 13.0 Å². The summed E-state index contributed by atoms with van der Waals surface area (Å²) in [6.45, 7) is 1.86. The molecule has 2 aromatic rings. The molecule has 0 saturated heterocycles. The highest BCUT2D eigenvalue weighted by Gasteiger charge is 2.14. The molecule has 0 radical (unpaired) electrons. The lowest BCUT2D eigenvalue weighted by Crippen LogP contribution is -2.12. The van der Waals surface area contributed by atoms with Crippen LogP contribution in [-0.4, -0.2) is 24.0 Å². The van der Waals surface area contributed by atoms with Crippen molar-refractivity contribution in [2.45, 2.75) is 6.92 Å². The average Bonchev–Trinajstić information content (AvgIpc) is 2.90. The molecule has 0 bridgehead atoms. The summed E-state index contributed by atoms with van der Waals surface area (Å²) in [6, 6.07) is 6.81. The Morgan fingerprint density at radius 3 is 2.68 bits per heavy atom. The van der Waals surface area contributed by atoms with Crippen LogP contribution in [0.3, 0.4) is 0 Å². The summed E-state index contributed by atoms with van der Waals surface area (Å²) < 4.78 is 4.59. The van der Waals surface area contributed by atoms with Gasteiger partial charge in [-0.15, -0.1) is 11.3 Å². The molecule has 1 N–H and O–H groups in total. The van der Waals surface area contributed by atoms with Crippen LogP contribution in [0.15, 0.2) is 30.5 Å². The lowest BCUT2D eigenvalue weighted by Gasteiger charge is -2.04. The quantitative estimate of drug-likeness (QED) is 0.874. The second kappa shape index (κ2) is 5.62. The first-order valence-electron chi connectivity index (χ1n) is 5.53. The smallest absolute Gasteiger partial charge is 0.348 e. The minimum Gasteiger partial charge on any atom is -0.465 e. The van der Waals surface area contributed by atoms with E-state index in [4.69, 9.17) is 0 Å². The maximum absolute atomic E-state index is 12.0. The van der Waals surface area contributed by atoms with Gasteiger partial charge in [0.2, 0.25) is 0 Å². The highest BCUT2D eigenvalue weighted by Crippen LogP contribution is 2.19. The molecule has 98 valence electrons. The van der Waals surface area contributed by atoms with Gasteiger partial charge in [-0.05, 0) is 30.7 Å². The van der Waals surface area contributed by atoms with E-state index < -0.39 is 5.97 Å². The predicted octanol–water partition coefficient (Wildman–Crippen LogP) is 2.49. The molecule has 0 atom stereocenters. The van der Waals surface area contributed by atoms with E-state index in [2.05, 4.69) is 15.0 Å². The van der Waals surface area contributed by atoms with Crippen LogP contribution in [0.4, 0.5) is 5.82 Å². The molecule has 2 rings (SSSR count). The van der Waals surface area contributed by atoms with Crippen molar-refractivity contribution in [3.05, 3.63) is 45.8 Å². The molecule has 5 nitrogen and oxygen atoms in total. The molecule has 2 heterocycles. The fourth-order valence-electron chi connectivity index (χ4n) is 1.46. The number of carbonyl (C=O) groups excluding carboxylic acids is 2. The van der Waals surface area contributed by atoms with Crippen molar-refractivity contribution in [1.29, 1.82) is 0 Å². The van der Waals surface area contributed by atoms with Gasteiger partial charge in [-0.2, -0.15) is 0 Å². The number of carbonyl (C=O) groups is 2. The maximum Gasteiger partial charge on any atom is 0.348 e. The third kappa shape index (κ3) is 2.97. The molecule has 0 fully saturated rings. The maximum atomic E-state index is 12.0. The lowest BCUT2D eigenvalue weighted by atomic mass is 10.3. The lowest BCUT2D eigenvalue weighted by molar-refractivity contribution is 0.0606. The van der Waals surface area contributed by atoms with Crippen molar-refractivity contribution in [1.82, 2.24) is 4.98 Å². The summed E-state index contributed by atoms with van der Waals surface area (Å²) in [5, 5.41) is 2.71. The van der Waals surface area contributed by atoms with Crippen LogP contribution in [-0.2, 0) is 4.74 Å². The van der Waals surface area contributed by atoms with Crippen LogP contribution >= 0.6 is 11.3 Å². The molecule has 2 aromatic heterocycles. The van der Waals surface area contributed by atoms with Crippen molar-refractivity contribution in [2.24, 2.45) is 0 Å². The molecule has 1 amide bonds. The van der Waals surface area contributed by atoms with Crippen LogP contribution < -0.4 is 5.32 Å². The van der Waals surface area contributed by atoms with E-state index in [0.29, 0.717) is 15.6 Å². The van der Waals surface area contributed by atoms with Gasteiger partial charge in [0.1, 0.15) is 10.7 Å². The molecular formula is C13H12N2O3S. The van der Waals surface area contributed by atoms with E-state index in [-0.39, 0.29) is 5.91 Å². The molecule has 0 spiro atoms. The van der Waals surface area contributed by atoms with E-state index in [1.165, 1.54) is 7.11 Å². The normalized spacial score (nSPS) is 10.0. The van der Waals surface area contributed by atoms with Gasteiger partial charge in [0, 0.05) is 6.20 Å². The molecule has 0 aromatic carbocycles. The van der Waals surface area contributed by atoms with E-state index in [9.17, 15) is 9.59 Å². The Bertz CT molecular complexity index is 622. The van der Waals surface area contributed by atoms with Crippen molar-refractivity contribution >= 4 is 29.0 Å². The van der Waals surface area contributed by atoms with Gasteiger partial charge in [0.15, 0.2) is 0 Å².